The van der Waals surface area contributed by atoms with Crippen molar-refractivity contribution < 1.29 is 9.13 Å². The van der Waals surface area contributed by atoms with Gasteiger partial charge in [-0.05, 0) is 62.2 Å². The molecule has 0 atom stereocenters. The maximum absolute atomic E-state index is 13.7. The van der Waals surface area contributed by atoms with Gasteiger partial charge in [0.15, 0.2) is 0 Å². The molecule has 32 heavy (non-hydrogen) atoms. The maximum Gasteiger partial charge on any atom is 0.269 e. The van der Waals surface area contributed by atoms with E-state index in [0.717, 1.165) is 49.1 Å². The lowest BCUT2D eigenvalue weighted by Crippen LogP contribution is -2.43. The van der Waals surface area contributed by atoms with Crippen LogP contribution < -0.4 is 15.6 Å². The quantitative estimate of drug-likeness (QED) is 0.584. The zero-order chi connectivity index (χ0) is 21.8. The third-order valence-electron chi connectivity index (χ3n) is 6.11. The Balaban J connectivity index is 0.00000289. The van der Waals surface area contributed by atoms with Crippen LogP contribution in [0.3, 0.4) is 0 Å². The van der Waals surface area contributed by atoms with E-state index in [0.29, 0.717) is 30.4 Å². The molecular formula is C24H30ClFN4O2. The molecule has 1 aliphatic heterocycles. The van der Waals surface area contributed by atoms with Gasteiger partial charge in [-0.25, -0.2) is 9.37 Å². The smallest absolute Gasteiger partial charge is 0.269 e. The van der Waals surface area contributed by atoms with Crippen LogP contribution in [0.15, 0.2) is 47.4 Å². The van der Waals surface area contributed by atoms with Gasteiger partial charge in [0.25, 0.3) is 5.56 Å². The number of nitrogens with one attached hydrogen (secondary N) is 1. The Morgan fingerprint density at radius 3 is 2.66 bits per heavy atom. The van der Waals surface area contributed by atoms with Gasteiger partial charge >= 0.3 is 0 Å². The summed E-state index contributed by atoms with van der Waals surface area (Å²) in [5.41, 5.74) is 3.15. The molecular weight excluding hydrogens is 431 g/mol. The lowest BCUT2D eigenvalue weighted by molar-refractivity contribution is 0.191. The van der Waals surface area contributed by atoms with Crippen LogP contribution in [0.5, 0.6) is 5.75 Å². The molecule has 0 amide bonds. The van der Waals surface area contributed by atoms with E-state index < -0.39 is 0 Å². The molecule has 0 aliphatic carbocycles. The van der Waals surface area contributed by atoms with Crippen molar-refractivity contribution >= 4 is 23.4 Å². The lowest BCUT2D eigenvalue weighted by Gasteiger charge is -2.32. The van der Waals surface area contributed by atoms with Gasteiger partial charge in [0.2, 0.25) is 0 Å². The average Bonchev–Trinajstić information content (AvgIpc) is 2.79. The minimum Gasteiger partial charge on any atom is -0.497 e. The van der Waals surface area contributed by atoms with Crippen LogP contribution in [0.2, 0.25) is 0 Å². The minimum atomic E-state index is -0.148. The van der Waals surface area contributed by atoms with E-state index in [2.05, 4.69) is 15.2 Å². The maximum atomic E-state index is 13.7. The van der Waals surface area contributed by atoms with Crippen LogP contribution in [0.1, 0.15) is 24.0 Å². The normalized spacial score (nSPS) is 15.0. The van der Waals surface area contributed by atoms with Crippen molar-refractivity contribution in [2.45, 2.75) is 38.9 Å². The van der Waals surface area contributed by atoms with E-state index in [1.165, 1.54) is 6.20 Å². The number of aromatic nitrogens is 2. The van der Waals surface area contributed by atoms with E-state index in [4.69, 9.17) is 4.74 Å². The first-order chi connectivity index (χ1) is 15.0. The van der Waals surface area contributed by atoms with Gasteiger partial charge in [-0.15, -0.1) is 12.4 Å². The third-order valence-corrected chi connectivity index (χ3v) is 6.11. The van der Waals surface area contributed by atoms with Gasteiger partial charge in [-0.1, -0.05) is 12.1 Å². The van der Waals surface area contributed by atoms with E-state index in [-0.39, 0.29) is 23.8 Å². The van der Waals surface area contributed by atoms with Crippen LogP contribution in [-0.4, -0.2) is 47.2 Å². The highest BCUT2D eigenvalue weighted by Crippen LogP contribution is 2.18. The van der Waals surface area contributed by atoms with Crippen LogP contribution in [-0.2, 0) is 13.1 Å². The zero-order valence-corrected chi connectivity index (χ0v) is 19.3. The molecule has 3 aromatic rings. The number of likely N-dealkylation sites (tertiary alicyclic amines) is 1. The summed E-state index contributed by atoms with van der Waals surface area (Å²) in [5.74, 6) is 0.569. The summed E-state index contributed by atoms with van der Waals surface area (Å²) in [6.07, 6.45) is 3.46. The Kier molecular flexibility index (Phi) is 8.23. The van der Waals surface area contributed by atoms with Crippen LogP contribution in [0.25, 0.3) is 11.0 Å². The molecule has 1 aliphatic rings. The lowest BCUT2D eigenvalue weighted by atomic mass is 10.0. The van der Waals surface area contributed by atoms with Gasteiger partial charge in [0.1, 0.15) is 11.6 Å². The van der Waals surface area contributed by atoms with Crippen molar-refractivity contribution in [3.63, 3.8) is 0 Å². The molecule has 2 heterocycles. The number of hydrogen-bond donors (Lipinski definition) is 1. The number of piperidine rings is 1. The summed E-state index contributed by atoms with van der Waals surface area (Å²) >= 11 is 0. The Bertz CT molecular complexity index is 1110. The van der Waals surface area contributed by atoms with Gasteiger partial charge < -0.3 is 19.5 Å². The highest BCUT2D eigenvalue weighted by molar-refractivity contribution is 5.85. The van der Waals surface area contributed by atoms with Crippen LogP contribution >= 0.6 is 12.4 Å². The zero-order valence-electron chi connectivity index (χ0n) is 18.5. The predicted molar refractivity (Wildman–Crippen MR) is 127 cm³/mol. The van der Waals surface area contributed by atoms with Crippen LogP contribution in [0, 0.1) is 12.7 Å². The molecule has 2 aromatic carbocycles. The molecule has 1 N–H and O–H groups in total. The fraction of sp³-hybridized carbons (Fsp3) is 0.417. The summed E-state index contributed by atoms with van der Waals surface area (Å²) in [6.45, 7) is 5.84. The molecule has 0 saturated carbocycles. The topological polar surface area (TPSA) is 59.4 Å². The first kappa shape index (κ1) is 24.2. The van der Waals surface area contributed by atoms with Crippen molar-refractivity contribution in [2.75, 3.05) is 26.7 Å². The summed E-state index contributed by atoms with van der Waals surface area (Å²) in [4.78, 5) is 19.1. The number of hydrogen-bond acceptors (Lipinski definition) is 5. The molecule has 8 heteroatoms. The summed E-state index contributed by atoms with van der Waals surface area (Å²) < 4.78 is 20.8. The monoisotopic (exact) mass is 460 g/mol. The Morgan fingerprint density at radius 1 is 1.16 bits per heavy atom. The molecule has 0 spiro atoms. The average molecular weight is 461 g/mol. The molecule has 1 fully saturated rings. The van der Waals surface area contributed by atoms with Crippen molar-refractivity contribution in [3.8, 4) is 5.75 Å². The van der Waals surface area contributed by atoms with Crippen molar-refractivity contribution in [2.24, 2.45) is 0 Å². The number of methoxy groups -OCH3 is 1. The second-order valence-electron chi connectivity index (χ2n) is 8.18. The SMILES string of the molecule is COc1ccc2ncc(=O)n(CCN3CCC(NCc4ccc(C)c(F)c4)CC3)c2c1.Cl. The fourth-order valence-electron chi connectivity index (χ4n) is 4.11. The Hall–Kier alpha value is -2.48. The number of aryl methyl sites for hydroxylation is 1. The number of rotatable bonds is 7. The molecule has 0 bridgehead atoms. The number of nitrogens with zero attached hydrogens (tertiary/aromatic N) is 3. The molecule has 172 valence electrons. The molecule has 1 saturated heterocycles. The summed E-state index contributed by atoms with van der Waals surface area (Å²) in [7, 11) is 1.62. The van der Waals surface area contributed by atoms with Gasteiger partial charge in [-0.2, -0.15) is 0 Å². The van der Waals surface area contributed by atoms with Gasteiger partial charge in [-0.3, -0.25) is 4.79 Å². The van der Waals surface area contributed by atoms with Crippen molar-refractivity contribution in [1.82, 2.24) is 19.8 Å². The van der Waals surface area contributed by atoms with Crippen LogP contribution in [0.4, 0.5) is 4.39 Å². The molecule has 1 aromatic heterocycles. The largest absolute Gasteiger partial charge is 0.497 e. The standard InChI is InChI=1S/C24H29FN4O2.ClH/c1-17-3-4-18(13-21(17)25)15-26-19-7-9-28(10-8-19)11-12-29-23-14-20(31-2)5-6-22(23)27-16-24(29)30;/h3-6,13-14,16,19,26H,7-12,15H2,1-2H3;1H. The van der Waals surface area contributed by atoms with Gasteiger partial charge in [0.05, 0.1) is 24.3 Å². The first-order valence-corrected chi connectivity index (χ1v) is 10.8. The highest BCUT2D eigenvalue weighted by Gasteiger charge is 2.19. The number of ether oxygens (including phenoxy) is 1. The number of halogens is 2. The Morgan fingerprint density at radius 2 is 1.94 bits per heavy atom. The molecule has 0 unspecified atom stereocenters. The minimum absolute atomic E-state index is 0. The summed E-state index contributed by atoms with van der Waals surface area (Å²) in [5, 5.41) is 3.55. The van der Waals surface area contributed by atoms with E-state index in [1.54, 1.807) is 24.7 Å². The number of fused-ring (bicyclic) bond motifs is 1. The third kappa shape index (κ3) is 5.65. The van der Waals surface area contributed by atoms with E-state index in [9.17, 15) is 9.18 Å². The molecule has 0 radical (unpaired) electrons. The second kappa shape index (κ2) is 10.9. The Labute approximate surface area is 193 Å². The molecule has 6 nitrogen and oxygen atoms in total. The molecule has 4 rings (SSSR count). The first-order valence-electron chi connectivity index (χ1n) is 10.8. The second-order valence-corrected chi connectivity index (χ2v) is 8.18. The predicted octanol–water partition coefficient (Wildman–Crippen LogP) is 3.53. The highest BCUT2D eigenvalue weighted by atomic mass is 35.5. The van der Waals surface area contributed by atoms with Crippen molar-refractivity contribution in [1.29, 1.82) is 0 Å². The summed E-state index contributed by atoms with van der Waals surface area (Å²) in [6, 6.07) is 11.4. The fourth-order valence-corrected chi connectivity index (χ4v) is 4.11. The van der Waals surface area contributed by atoms with E-state index >= 15 is 0 Å². The van der Waals surface area contributed by atoms with Gasteiger partial charge in [0, 0.05) is 31.7 Å². The van der Waals surface area contributed by atoms with E-state index in [1.807, 2.05) is 30.3 Å². The number of benzene rings is 2. The van der Waals surface area contributed by atoms with Crippen molar-refractivity contribution in [3.05, 3.63) is 69.9 Å².